The van der Waals surface area contributed by atoms with E-state index < -0.39 is 0 Å². The molecule has 1 aromatic carbocycles. The maximum atomic E-state index is 13.5. The van der Waals surface area contributed by atoms with Gasteiger partial charge in [0.15, 0.2) is 5.65 Å². The van der Waals surface area contributed by atoms with Crippen molar-refractivity contribution in [1.29, 1.82) is 0 Å². The van der Waals surface area contributed by atoms with Crippen LogP contribution in [0.15, 0.2) is 60.1 Å². The van der Waals surface area contributed by atoms with Crippen LogP contribution < -0.4 is 0 Å². The van der Waals surface area contributed by atoms with Crippen molar-refractivity contribution >= 4 is 28.3 Å². The van der Waals surface area contributed by atoms with Gasteiger partial charge in [0, 0.05) is 35.4 Å². The summed E-state index contributed by atoms with van der Waals surface area (Å²) in [6.45, 7) is 3.11. The molecule has 0 aliphatic rings. The second-order valence-corrected chi connectivity index (χ2v) is 9.58. The molecule has 0 spiro atoms. The summed E-state index contributed by atoms with van der Waals surface area (Å²) in [5.74, 6) is -0.342. The number of carbonyl (C=O) groups is 1. The summed E-state index contributed by atoms with van der Waals surface area (Å²) in [4.78, 5) is 20.9. The molecule has 4 aromatic heterocycles. The third kappa shape index (κ3) is 5.00. The molecule has 5 aromatic rings. The van der Waals surface area contributed by atoms with Gasteiger partial charge in [-0.1, -0.05) is 18.2 Å². The minimum Gasteiger partial charge on any atom is -0.342 e. The number of benzene rings is 1. The highest BCUT2D eigenvalue weighted by Gasteiger charge is 2.19. The first-order chi connectivity index (χ1) is 17.0. The lowest BCUT2D eigenvalue weighted by Crippen LogP contribution is -2.28. The third-order valence-corrected chi connectivity index (χ3v) is 6.75. The normalized spacial score (nSPS) is 11.3. The number of carbonyl (C=O) groups excluding carboxylic acids is 1. The predicted molar refractivity (Wildman–Crippen MR) is 135 cm³/mol. The van der Waals surface area contributed by atoms with Gasteiger partial charge in [-0.3, -0.25) is 9.89 Å². The van der Waals surface area contributed by atoms with E-state index in [2.05, 4.69) is 26.3 Å². The van der Waals surface area contributed by atoms with Gasteiger partial charge in [-0.25, -0.2) is 14.1 Å². The van der Waals surface area contributed by atoms with Gasteiger partial charge in [-0.05, 0) is 55.5 Å². The minimum absolute atomic E-state index is 0.0544. The molecule has 5 rings (SSSR count). The topological polar surface area (TPSA) is 79.7 Å². The van der Waals surface area contributed by atoms with E-state index in [1.54, 1.807) is 28.5 Å². The highest BCUT2D eigenvalue weighted by Crippen LogP contribution is 2.22. The zero-order valence-electron chi connectivity index (χ0n) is 19.5. The van der Waals surface area contributed by atoms with Crippen LogP contribution >= 0.6 is 11.3 Å². The maximum Gasteiger partial charge on any atom is 0.254 e. The number of rotatable bonds is 8. The van der Waals surface area contributed by atoms with Gasteiger partial charge in [0.25, 0.3) is 5.91 Å². The Kier molecular flexibility index (Phi) is 6.41. The van der Waals surface area contributed by atoms with Crippen LogP contribution in [0.4, 0.5) is 4.39 Å². The standard InChI is InChI=1S/C26H25FN6OS/c1-17-12-22(23-15-28-33(25(23)29-17)16-21-9-5-11-35-21)26(34)32(2)10-4-8-20-14-24(31-30-20)18-6-3-7-19(27)13-18/h3,5-7,9,11-15H,4,8,10,16H2,1-2H3,(H,30,31). The van der Waals surface area contributed by atoms with Gasteiger partial charge >= 0.3 is 0 Å². The fourth-order valence-electron chi connectivity index (χ4n) is 4.11. The number of thiophene rings is 1. The van der Waals surface area contributed by atoms with Gasteiger partial charge in [0.05, 0.1) is 29.4 Å². The van der Waals surface area contributed by atoms with Crippen molar-refractivity contribution in [3.8, 4) is 11.3 Å². The molecule has 0 atom stereocenters. The number of hydrogen-bond donors (Lipinski definition) is 1. The third-order valence-electron chi connectivity index (χ3n) is 5.89. The van der Waals surface area contributed by atoms with Crippen LogP contribution in [-0.2, 0) is 13.0 Å². The number of hydrogen-bond acceptors (Lipinski definition) is 5. The first-order valence-corrected chi connectivity index (χ1v) is 12.3. The largest absolute Gasteiger partial charge is 0.342 e. The number of pyridine rings is 1. The van der Waals surface area contributed by atoms with Crippen molar-refractivity contribution in [3.63, 3.8) is 0 Å². The zero-order valence-corrected chi connectivity index (χ0v) is 20.3. The van der Waals surface area contributed by atoms with Crippen LogP contribution in [0.1, 0.15) is 33.0 Å². The molecule has 7 nitrogen and oxygen atoms in total. The maximum absolute atomic E-state index is 13.5. The molecule has 1 N–H and O–H groups in total. The first kappa shape index (κ1) is 22.9. The number of halogens is 1. The van der Waals surface area contributed by atoms with Crippen LogP contribution in [-0.4, -0.2) is 49.4 Å². The van der Waals surface area contributed by atoms with Crippen molar-refractivity contribution in [2.24, 2.45) is 0 Å². The number of nitrogens with one attached hydrogen (secondary N) is 1. The smallest absolute Gasteiger partial charge is 0.254 e. The van der Waals surface area contributed by atoms with Gasteiger partial charge in [-0.2, -0.15) is 10.2 Å². The molecule has 0 aliphatic carbocycles. The lowest BCUT2D eigenvalue weighted by molar-refractivity contribution is 0.0795. The van der Waals surface area contributed by atoms with Crippen LogP contribution in [0.5, 0.6) is 0 Å². The number of aromatic nitrogens is 5. The minimum atomic E-state index is -0.287. The number of amides is 1. The summed E-state index contributed by atoms with van der Waals surface area (Å²) in [6, 6.07) is 14.2. The highest BCUT2D eigenvalue weighted by molar-refractivity contribution is 7.09. The SMILES string of the molecule is Cc1cc(C(=O)N(C)CCCc2cc(-c3cccc(F)c3)n[nH]2)c2cnn(Cc3cccs3)c2n1. The first-order valence-electron chi connectivity index (χ1n) is 11.4. The van der Waals surface area contributed by atoms with Gasteiger partial charge in [-0.15, -0.1) is 11.3 Å². The number of nitrogens with zero attached hydrogens (tertiary/aromatic N) is 5. The van der Waals surface area contributed by atoms with E-state index in [4.69, 9.17) is 0 Å². The molecule has 0 unspecified atom stereocenters. The number of aryl methyl sites for hydroxylation is 2. The Morgan fingerprint density at radius 1 is 1.20 bits per heavy atom. The second kappa shape index (κ2) is 9.79. The van der Waals surface area contributed by atoms with E-state index in [1.807, 2.05) is 48.3 Å². The van der Waals surface area contributed by atoms with Gasteiger partial charge < -0.3 is 4.90 Å². The van der Waals surface area contributed by atoms with E-state index in [1.165, 1.54) is 17.0 Å². The summed E-state index contributed by atoms with van der Waals surface area (Å²) in [5.41, 5.74) is 4.50. The fraction of sp³-hybridized carbons (Fsp3) is 0.231. The Morgan fingerprint density at radius 3 is 2.89 bits per heavy atom. The van der Waals surface area contributed by atoms with Crippen molar-refractivity contribution < 1.29 is 9.18 Å². The lowest BCUT2D eigenvalue weighted by atomic mass is 10.1. The molecule has 0 fully saturated rings. The zero-order chi connectivity index (χ0) is 24.4. The van der Waals surface area contributed by atoms with E-state index >= 15 is 0 Å². The summed E-state index contributed by atoms with van der Waals surface area (Å²) < 4.78 is 15.3. The molecule has 4 heterocycles. The average molecular weight is 489 g/mol. The molecule has 0 bridgehead atoms. The quantitative estimate of drug-likeness (QED) is 0.330. The van der Waals surface area contributed by atoms with E-state index in [0.29, 0.717) is 24.3 Å². The van der Waals surface area contributed by atoms with Crippen LogP contribution in [0.2, 0.25) is 0 Å². The van der Waals surface area contributed by atoms with Gasteiger partial charge in [0.2, 0.25) is 0 Å². The monoisotopic (exact) mass is 488 g/mol. The summed E-state index contributed by atoms with van der Waals surface area (Å²) >= 11 is 1.67. The summed E-state index contributed by atoms with van der Waals surface area (Å²) in [6.07, 6.45) is 3.22. The Morgan fingerprint density at radius 2 is 2.09 bits per heavy atom. The van der Waals surface area contributed by atoms with E-state index in [9.17, 15) is 9.18 Å². The molecule has 0 radical (unpaired) electrons. The Bertz CT molecular complexity index is 1470. The second-order valence-electron chi connectivity index (χ2n) is 8.55. The Labute approximate surface area is 206 Å². The molecule has 178 valence electrons. The molecule has 9 heteroatoms. The Hall–Kier alpha value is -3.85. The van der Waals surface area contributed by atoms with Crippen molar-refractivity contribution in [3.05, 3.63) is 87.8 Å². The number of H-pyrrole nitrogens is 1. The van der Waals surface area contributed by atoms with Crippen LogP contribution in [0, 0.1) is 12.7 Å². The number of aromatic amines is 1. The highest BCUT2D eigenvalue weighted by atomic mass is 32.1. The van der Waals surface area contributed by atoms with Crippen molar-refractivity contribution in [2.75, 3.05) is 13.6 Å². The van der Waals surface area contributed by atoms with E-state index in [-0.39, 0.29) is 11.7 Å². The molecule has 0 saturated heterocycles. The molecule has 0 saturated carbocycles. The molecule has 1 amide bonds. The summed E-state index contributed by atoms with van der Waals surface area (Å²) in [7, 11) is 1.81. The molecular weight excluding hydrogens is 463 g/mol. The molecular formula is C26H25FN6OS. The van der Waals surface area contributed by atoms with E-state index in [0.717, 1.165) is 40.8 Å². The van der Waals surface area contributed by atoms with Crippen LogP contribution in [0.3, 0.4) is 0 Å². The fourth-order valence-corrected chi connectivity index (χ4v) is 4.80. The number of fused-ring (bicyclic) bond motifs is 1. The lowest BCUT2D eigenvalue weighted by Gasteiger charge is -2.17. The molecule has 35 heavy (non-hydrogen) atoms. The van der Waals surface area contributed by atoms with Gasteiger partial charge in [0.1, 0.15) is 5.82 Å². The summed E-state index contributed by atoms with van der Waals surface area (Å²) in [5, 5.41) is 14.6. The van der Waals surface area contributed by atoms with Crippen LogP contribution in [0.25, 0.3) is 22.3 Å². The van der Waals surface area contributed by atoms with Crippen molar-refractivity contribution in [2.45, 2.75) is 26.3 Å². The van der Waals surface area contributed by atoms with Crippen molar-refractivity contribution in [1.82, 2.24) is 29.9 Å². The molecule has 0 aliphatic heterocycles. The Balaban J connectivity index is 1.25. The average Bonchev–Trinajstić information content (AvgIpc) is 3.61. The predicted octanol–water partition coefficient (Wildman–Crippen LogP) is 5.08.